The number of hydrogen-bond acceptors (Lipinski definition) is 14. The summed E-state index contributed by atoms with van der Waals surface area (Å²) < 4.78 is 90.9. The summed E-state index contributed by atoms with van der Waals surface area (Å²) in [5.74, 6) is 0. The van der Waals surface area contributed by atoms with E-state index in [0.29, 0.717) is 0 Å². The summed E-state index contributed by atoms with van der Waals surface area (Å²) >= 11 is 0. The van der Waals surface area contributed by atoms with Crippen molar-refractivity contribution in [2.45, 2.75) is 49.2 Å². The molecule has 6 unspecified atom stereocenters. The highest BCUT2D eigenvalue weighted by Gasteiger charge is 2.55. The lowest BCUT2D eigenvalue weighted by Crippen LogP contribution is -2.37. The van der Waals surface area contributed by atoms with Crippen molar-refractivity contribution in [3.63, 3.8) is 0 Å². The molecule has 3 aliphatic rings. The molecule has 0 saturated carbocycles. The van der Waals surface area contributed by atoms with Crippen molar-refractivity contribution in [1.29, 1.82) is 0 Å². The molecule has 7 rings (SSSR count). The molecule has 0 spiro atoms. The number of rotatable bonds is 2. The van der Waals surface area contributed by atoms with Crippen molar-refractivity contribution in [3.05, 3.63) is 46.0 Å². The van der Waals surface area contributed by atoms with E-state index in [2.05, 4.69) is 29.9 Å². The standard InChI is InChI=1S/C20H20F2N8O12P2/c21-9-13-7(39-19(9)29-5-27-11-15(29)23-3-25-17(11)31)1-37-43(33,34)42-14-8(2-38-44(35,36)41-13)40-20(10(14)22)30-6-28-12-16(30)24-4-26-18(12)32/h3-10,13-14,19-20H,1-2H2,(H,33,34)(H,35,36)(H,23,25,31)(H,24,26,32)/t7?,8?,9-,10-,13-,14-,19?,20?/m1/s1. The maximum atomic E-state index is 15.8. The Kier molecular flexibility index (Phi) is 7.12. The van der Waals surface area contributed by atoms with E-state index in [1.165, 1.54) is 0 Å². The number of phosphoric acid groups is 2. The van der Waals surface area contributed by atoms with Crippen molar-refractivity contribution in [3.8, 4) is 0 Å². The number of halogens is 2. The highest BCUT2D eigenvalue weighted by molar-refractivity contribution is 7.47. The van der Waals surface area contributed by atoms with Gasteiger partial charge in [0.25, 0.3) is 11.1 Å². The second-order valence-electron chi connectivity index (χ2n) is 9.80. The lowest BCUT2D eigenvalue weighted by atomic mass is 10.1. The van der Waals surface area contributed by atoms with Crippen LogP contribution in [0.5, 0.6) is 0 Å². The second-order valence-corrected chi connectivity index (χ2v) is 12.6. The SMILES string of the molecule is O=c1[nH]cnc2c1ncn2C1OC2COP(=O)(O)O[C@@H]3C(COP(=O)(O)O[C@H]2[C@H]1F)OC(n1cnc2c(=O)[nH]cnc21)[C@@H]3F. The summed E-state index contributed by atoms with van der Waals surface area (Å²) in [6.07, 6.45) is -10.8. The fourth-order valence-corrected chi connectivity index (χ4v) is 7.07. The number of H-pyrrole nitrogens is 2. The summed E-state index contributed by atoms with van der Waals surface area (Å²) in [4.78, 5) is 65.2. The number of ether oxygens (including phenoxy) is 2. The number of phosphoric ester groups is 2. The zero-order valence-electron chi connectivity index (χ0n) is 21.7. The number of fused-ring (bicyclic) bond motifs is 4. The first-order valence-electron chi connectivity index (χ1n) is 12.6. The lowest BCUT2D eigenvalue weighted by molar-refractivity contribution is -0.0662. The number of imidazole rings is 2. The van der Waals surface area contributed by atoms with Gasteiger partial charge < -0.3 is 29.2 Å². The van der Waals surface area contributed by atoms with Gasteiger partial charge in [-0.1, -0.05) is 0 Å². The van der Waals surface area contributed by atoms with Gasteiger partial charge in [-0.05, 0) is 0 Å². The monoisotopic (exact) mass is 664 g/mol. The average molecular weight is 664 g/mol. The minimum absolute atomic E-state index is 0.0989. The third-order valence-electron chi connectivity index (χ3n) is 7.13. The van der Waals surface area contributed by atoms with E-state index in [1.807, 2.05) is 0 Å². The summed E-state index contributed by atoms with van der Waals surface area (Å²) in [6, 6.07) is 0. The highest BCUT2D eigenvalue weighted by atomic mass is 31.2. The molecule has 24 heteroatoms. The molecule has 20 nitrogen and oxygen atoms in total. The van der Waals surface area contributed by atoms with E-state index in [9.17, 15) is 28.5 Å². The summed E-state index contributed by atoms with van der Waals surface area (Å²) in [5.41, 5.74) is -1.78. The van der Waals surface area contributed by atoms with Crippen molar-refractivity contribution in [1.82, 2.24) is 39.0 Å². The molecule has 4 aromatic rings. The molecule has 7 heterocycles. The zero-order valence-corrected chi connectivity index (χ0v) is 23.4. The van der Waals surface area contributed by atoms with Crippen LogP contribution in [0.1, 0.15) is 12.5 Å². The molecule has 10 atom stereocenters. The Bertz CT molecular complexity index is 1810. The molecule has 3 aliphatic heterocycles. The van der Waals surface area contributed by atoms with Crippen LogP contribution in [-0.4, -0.2) is 98.8 Å². The van der Waals surface area contributed by atoms with Crippen LogP contribution in [0.15, 0.2) is 34.9 Å². The number of nitrogens with zero attached hydrogens (tertiary/aromatic N) is 6. The Morgan fingerprint density at radius 1 is 0.750 bits per heavy atom. The molecule has 0 amide bonds. The van der Waals surface area contributed by atoms with Crippen LogP contribution in [-0.2, 0) is 36.7 Å². The Hall–Kier alpha value is -3.30. The van der Waals surface area contributed by atoms with Gasteiger partial charge in [-0.15, -0.1) is 0 Å². The number of hydrogen-bond donors (Lipinski definition) is 4. The van der Waals surface area contributed by atoms with Crippen molar-refractivity contribution < 1.29 is 55.3 Å². The van der Waals surface area contributed by atoms with Crippen LogP contribution >= 0.6 is 15.6 Å². The normalized spacial score (nSPS) is 38.3. The van der Waals surface area contributed by atoms with Crippen LogP contribution in [0.25, 0.3) is 22.3 Å². The van der Waals surface area contributed by atoms with E-state index in [-0.39, 0.29) is 22.3 Å². The van der Waals surface area contributed by atoms with Gasteiger partial charge in [-0.3, -0.25) is 36.8 Å². The molecule has 4 aromatic heterocycles. The first-order chi connectivity index (χ1) is 20.9. The van der Waals surface area contributed by atoms with E-state index in [0.717, 1.165) is 34.4 Å². The molecule has 0 radical (unpaired) electrons. The summed E-state index contributed by atoms with van der Waals surface area (Å²) in [5, 5.41) is 0. The Balaban J connectivity index is 1.17. The van der Waals surface area contributed by atoms with Crippen LogP contribution in [0, 0.1) is 0 Å². The fraction of sp³-hybridized carbons (Fsp3) is 0.500. The van der Waals surface area contributed by atoms with E-state index < -0.39 is 89.2 Å². The van der Waals surface area contributed by atoms with Gasteiger partial charge in [0.15, 0.2) is 47.1 Å². The maximum absolute atomic E-state index is 15.8. The first kappa shape index (κ1) is 29.4. The molecule has 44 heavy (non-hydrogen) atoms. The fourth-order valence-electron chi connectivity index (χ4n) is 5.16. The largest absolute Gasteiger partial charge is 0.472 e. The Morgan fingerprint density at radius 2 is 1.16 bits per heavy atom. The van der Waals surface area contributed by atoms with Crippen molar-refractivity contribution >= 4 is 38.0 Å². The minimum Gasteiger partial charge on any atom is -0.346 e. The van der Waals surface area contributed by atoms with E-state index >= 15 is 8.78 Å². The minimum atomic E-state index is -5.17. The third kappa shape index (κ3) is 5.02. The number of alkyl halides is 2. The van der Waals surface area contributed by atoms with Crippen LogP contribution in [0.2, 0.25) is 0 Å². The van der Waals surface area contributed by atoms with Gasteiger partial charge in [0.1, 0.15) is 24.4 Å². The van der Waals surface area contributed by atoms with Gasteiger partial charge in [-0.25, -0.2) is 37.8 Å². The van der Waals surface area contributed by atoms with Crippen LogP contribution in [0.4, 0.5) is 8.78 Å². The van der Waals surface area contributed by atoms with Gasteiger partial charge in [0, 0.05) is 0 Å². The lowest BCUT2D eigenvalue weighted by Gasteiger charge is -2.27. The molecule has 0 bridgehead atoms. The van der Waals surface area contributed by atoms with Crippen molar-refractivity contribution in [2.24, 2.45) is 0 Å². The topological polar surface area (TPSA) is 257 Å². The highest BCUT2D eigenvalue weighted by Crippen LogP contribution is 2.54. The predicted octanol–water partition coefficient (Wildman–Crippen LogP) is -0.258. The average Bonchev–Trinajstić information content (AvgIpc) is 3.73. The van der Waals surface area contributed by atoms with Crippen LogP contribution in [0.3, 0.4) is 0 Å². The molecule has 3 fully saturated rings. The van der Waals surface area contributed by atoms with Gasteiger partial charge in [-0.2, -0.15) is 0 Å². The zero-order chi connectivity index (χ0) is 31.0. The molecular formula is C20H20F2N8O12P2. The van der Waals surface area contributed by atoms with E-state index in [1.54, 1.807) is 0 Å². The predicted molar refractivity (Wildman–Crippen MR) is 135 cm³/mol. The number of nitrogens with one attached hydrogen (secondary N) is 2. The Morgan fingerprint density at radius 3 is 1.57 bits per heavy atom. The summed E-state index contributed by atoms with van der Waals surface area (Å²) in [7, 11) is -10.3. The quantitative estimate of drug-likeness (QED) is 0.201. The smallest absolute Gasteiger partial charge is 0.346 e. The molecule has 236 valence electrons. The van der Waals surface area contributed by atoms with Gasteiger partial charge in [0.2, 0.25) is 0 Å². The number of aromatic amines is 2. The van der Waals surface area contributed by atoms with Gasteiger partial charge >= 0.3 is 15.6 Å². The summed E-state index contributed by atoms with van der Waals surface area (Å²) in [6.45, 7) is -1.90. The van der Waals surface area contributed by atoms with Gasteiger partial charge in [0.05, 0.1) is 38.5 Å². The Labute approximate surface area is 241 Å². The molecule has 0 aliphatic carbocycles. The first-order valence-corrected chi connectivity index (χ1v) is 15.6. The molecule has 0 aromatic carbocycles. The molecular weight excluding hydrogens is 644 g/mol. The maximum Gasteiger partial charge on any atom is 0.472 e. The third-order valence-corrected chi connectivity index (χ3v) is 9.10. The van der Waals surface area contributed by atoms with E-state index in [4.69, 9.17) is 27.6 Å². The van der Waals surface area contributed by atoms with Crippen molar-refractivity contribution in [2.75, 3.05) is 13.2 Å². The van der Waals surface area contributed by atoms with Crippen LogP contribution < -0.4 is 11.1 Å². The second kappa shape index (κ2) is 10.7. The number of aromatic nitrogens is 8. The molecule has 4 N–H and O–H groups in total. The molecule has 3 saturated heterocycles.